The van der Waals surface area contributed by atoms with Gasteiger partial charge in [-0.25, -0.2) is 0 Å². The minimum Gasteiger partial charge on any atom is -0.507 e. The largest absolute Gasteiger partial charge is 0.507 e. The number of phenolic OH excluding ortho intramolecular Hbond substituents is 1. The Bertz CT molecular complexity index is 294. The number of halogens is 1. The number of benzene rings is 1. The van der Waals surface area contributed by atoms with Crippen molar-refractivity contribution in [1.29, 1.82) is 0 Å². The van der Waals surface area contributed by atoms with Gasteiger partial charge in [0, 0.05) is 0 Å². The Morgan fingerprint density at radius 2 is 2.25 bits per heavy atom. The Balaban J connectivity index is 3.15. The Kier molecular flexibility index (Phi) is 2.93. The normalized spacial score (nSPS) is 12.5. The molecule has 1 atom stereocenters. The van der Waals surface area contributed by atoms with Gasteiger partial charge in [-0.15, -0.1) is 6.58 Å². The van der Waals surface area contributed by atoms with E-state index in [0.717, 1.165) is 10.0 Å². The van der Waals surface area contributed by atoms with Crippen LogP contribution in [0.15, 0.2) is 35.3 Å². The average Bonchev–Trinajstić information content (AvgIpc) is 2.08. The van der Waals surface area contributed by atoms with Gasteiger partial charge in [-0.2, -0.15) is 0 Å². The molecule has 1 nitrogen and oxygen atoms in total. The molecule has 0 saturated heterocycles. The Morgan fingerprint density at radius 3 is 2.83 bits per heavy atom. The maximum atomic E-state index is 9.36. The Labute approximate surface area is 80.9 Å². The first-order valence-electron chi connectivity index (χ1n) is 3.76. The molecule has 0 fully saturated rings. The van der Waals surface area contributed by atoms with E-state index in [9.17, 15) is 5.11 Å². The summed E-state index contributed by atoms with van der Waals surface area (Å²) in [5.74, 6) is 0.535. The van der Waals surface area contributed by atoms with Crippen LogP contribution in [0.4, 0.5) is 0 Å². The Hall–Kier alpha value is -0.760. The van der Waals surface area contributed by atoms with Gasteiger partial charge >= 0.3 is 0 Å². The van der Waals surface area contributed by atoms with Crippen LogP contribution in [0.2, 0.25) is 0 Å². The molecule has 0 radical (unpaired) electrons. The van der Waals surface area contributed by atoms with Gasteiger partial charge in [0.05, 0.1) is 4.47 Å². The number of aromatic hydroxyl groups is 1. The summed E-state index contributed by atoms with van der Waals surface area (Å²) in [6.07, 6.45) is 1.85. The number of rotatable bonds is 2. The summed E-state index contributed by atoms with van der Waals surface area (Å²) in [5.41, 5.74) is 1.06. The van der Waals surface area contributed by atoms with E-state index >= 15 is 0 Å². The molecule has 1 unspecified atom stereocenters. The first-order chi connectivity index (χ1) is 5.66. The second-order valence-corrected chi connectivity index (χ2v) is 3.50. The average molecular weight is 227 g/mol. The second kappa shape index (κ2) is 3.76. The second-order valence-electron chi connectivity index (χ2n) is 2.70. The minimum absolute atomic E-state index is 0.256. The van der Waals surface area contributed by atoms with Crippen molar-refractivity contribution in [2.45, 2.75) is 12.8 Å². The molecule has 1 aromatic rings. The van der Waals surface area contributed by atoms with Gasteiger partial charge in [0.2, 0.25) is 0 Å². The topological polar surface area (TPSA) is 20.2 Å². The lowest BCUT2D eigenvalue weighted by Crippen LogP contribution is -1.89. The molecule has 0 amide bonds. The van der Waals surface area contributed by atoms with E-state index in [2.05, 4.69) is 22.5 Å². The predicted molar refractivity (Wildman–Crippen MR) is 54.4 cm³/mol. The molecule has 2 heteroatoms. The predicted octanol–water partition coefficient (Wildman–Crippen LogP) is 3.44. The van der Waals surface area contributed by atoms with Crippen molar-refractivity contribution in [2.24, 2.45) is 0 Å². The first kappa shape index (κ1) is 9.33. The van der Waals surface area contributed by atoms with Gasteiger partial charge in [0.25, 0.3) is 0 Å². The molecule has 0 aromatic heterocycles. The molecule has 1 rings (SSSR count). The van der Waals surface area contributed by atoms with E-state index in [1.165, 1.54) is 0 Å². The van der Waals surface area contributed by atoms with Gasteiger partial charge in [-0.05, 0) is 33.5 Å². The summed E-state index contributed by atoms with van der Waals surface area (Å²) >= 11 is 3.32. The van der Waals surface area contributed by atoms with Crippen LogP contribution in [-0.2, 0) is 0 Å². The van der Waals surface area contributed by atoms with Crippen molar-refractivity contribution in [3.05, 3.63) is 40.9 Å². The highest BCUT2D eigenvalue weighted by molar-refractivity contribution is 9.10. The monoisotopic (exact) mass is 226 g/mol. The quantitative estimate of drug-likeness (QED) is 0.767. The summed E-state index contributed by atoms with van der Waals surface area (Å²) in [4.78, 5) is 0. The van der Waals surface area contributed by atoms with Gasteiger partial charge in [-0.1, -0.05) is 25.1 Å². The fourth-order valence-corrected chi connectivity index (χ4v) is 1.64. The van der Waals surface area contributed by atoms with Crippen molar-refractivity contribution in [1.82, 2.24) is 0 Å². The standard InChI is InChI=1S/C10H11BrO/c1-3-7(2)8-5-4-6-9(12)10(8)11/h3-7,12H,1H2,2H3. The van der Waals surface area contributed by atoms with Gasteiger partial charge in [0.1, 0.15) is 5.75 Å². The zero-order chi connectivity index (χ0) is 9.14. The van der Waals surface area contributed by atoms with Crippen LogP contribution in [0.25, 0.3) is 0 Å². The summed E-state index contributed by atoms with van der Waals surface area (Å²) in [5, 5.41) is 9.36. The number of allylic oxidation sites excluding steroid dienone is 1. The molecule has 12 heavy (non-hydrogen) atoms. The maximum Gasteiger partial charge on any atom is 0.130 e. The molecular weight excluding hydrogens is 216 g/mol. The molecule has 1 N–H and O–H groups in total. The number of phenols is 1. The molecule has 0 heterocycles. The van der Waals surface area contributed by atoms with Crippen LogP contribution >= 0.6 is 15.9 Å². The van der Waals surface area contributed by atoms with Crippen LogP contribution in [0.1, 0.15) is 18.4 Å². The van der Waals surface area contributed by atoms with Gasteiger partial charge in [-0.3, -0.25) is 0 Å². The minimum atomic E-state index is 0.256. The highest BCUT2D eigenvalue weighted by atomic mass is 79.9. The van der Waals surface area contributed by atoms with Gasteiger partial charge < -0.3 is 5.11 Å². The number of hydrogen-bond donors (Lipinski definition) is 1. The van der Waals surface area contributed by atoms with E-state index in [1.54, 1.807) is 6.07 Å². The molecule has 0 aliphatic rings. The van der Waals surface area contributed by atoms with E-state index in [0.29, 0.717) is 0 Å². The van der Waals surface area contributed by atoms with Crippen molar-refractivity contribution in [2.75, 3.05) is 0 Å². The lowest BCUT2D eigenvalue weighted by Gasteiger charge is -2.09. The molecule has 0 aliphatic heterocycles. The smallest absolute Gasteiger partial charge is 0.130 e. The summed E-state index contributed by atoms with van der Waals surface area (Å²) in [6, 6.07) is 5.45. The first-order valence-corrected chi connectivity index (χ1v) is 4.56. The fraction of sp³-hybridized carbons (Fsp3) is 0.200. The molecule has 0 saturated carbocycles. The lowest BCUT2D eigenvalue weighted by atomic mass is 10.0. The van der Waals surface area contributed by atoms with Crippen LogP contribution in [-0.4, -0.2) is 5.11 Å². The van der Waals surface area contributed by atoms with Crippen molar-refractivity contribution < 1.29 is 5.11 Å². The van der Waals surface area contributed by atoms with Crippen LogP contribution in [0.5, 0.6) is 5.75 Å². The van der Waals surface area contributed by atoms with Crippen molar-refractivity contribution in [3.63, 3.8) is 0 Å². The highest BCUT2D eigenvalue weighted by Crippen LogP contribution is 2.32. The third kappa shape index (κ3) is 1.69. The van der Waals surface area contributed by atoms with Crippen molar-refractivity contribution in [3.8, 4) is 5.75 Å². The van der Waals surface area contributed by atoms with E-state index < -0.39 is 0 Å². The van der Waals surface area contributed by atoms with Crippen LogP contribution in [0.3, 0.4) is 0 Å². The van der Waals surface area contributed by atoms with E-state index in [4.69, 9.17) is 0 Å². The van der Waals surface area contributed by atoms with Gasteiger partial charge in [0.15, 0.2) is 0 Å². The van der Waals surface area contributed by atoms with Crippen LogP contribution < -0.4 is 0 Å². The third-order valence-corrected chi connectivity index (χ3v) is 2.72. The van der Waals surface area contributed by atoms with Crippen LogP contribution in [0, 0.1) is 0 Å². The zero-order valence-electron chi connectivity index (χ0n) is 6.92. The fourth-order valence-electron chi connectivity index (χ4n) is 1.02. The molecule has 64 valence electrons. The SMILES string of the molecule is C=CC(C)c1cccc(O)c1Br. The number of hydrogen-bond acceptors (Lipinski definition) is 1. The summed E-state index contributed by atoms with van der Waals surface area (Å²) in [7, 11) is 0. The van der Waals surface area contributed by atoms with Crippen molar-refractivity contribution >= 4 is 15.9 Å². The summed E-state index contributed by atoms with van der Waals surface area (Å²) in [6.45, 7) is 5.74. The molecule has 0 bridgehead atoms. The lowest BCUT2D eigenvalue weighted by molar-refractivity contribution is 0.470. The van der Waals surface area contributed by atoms with E-state index in [1.807, 2.05) is 25.1 Å². The molecular formula is C10H11BrO. The molecule has 0 spiro atoms. The highest BCUT2D eigenvalue weighted by Gasteiger charge is 2.07. The third-order valence-electron chi connectivity index (χ3n) is 1.85. The molecule has 0 aliphatic carbocycles. The van der Waals surface area contributed by atoms with E-state index in [-0.39, 0.29) is 11.7 Å². The summed E-state index contributed by atoms with van der Waals surface area (Å²) < 4.78 is 0.761. The molecule has 1 aromatic carbocycles. The zero-order valence-corrected chi connectivity index (χ0v) is 8.51. The Morgan fingerprint density at radius 1 is 1.58 bits per heavy atom. The maximum absolute atomic E-state index is 9.36.